The number of carbonyl (C=O) groups is 1. The van der Waals surface area contributed by atoms with Gasteiger partial charge in [-0.3, -0.25) is 4.68 Å². The molecule has 0 N–H and O–H groups in total. The highest BCUT2D eigenvalue weighted by Crippen LogP contribution is 2.31. The first-order valence-corrected chi connectivity index (χ1v) is 11.2. The Morgan fingerprint density at radius 3 is 2.72 bits per heavy atom. The normalized spacial score (nSPS) is 20.2. The lowest BCUT2D eigenvalue weighted by atomic mass is 9.96. The van der Waals surface area contributed by atoms with E-state index in [0.29, 0.717) is 31.4 Å². The molecule has 1 unspecified atom stereocenters. The first-order chi connectivity index (χ1) is 15.4. The Morgan fingerprint density at radius 2 is 2.00 bits per heavy atom. The van der Waals surface area contributed by atoms with Gasteiger partial charge in [0.2, 0.25) is 0 Å². The average molecular weight is 440 g/mol. The van der Waals surface area contributed by atoms with Crippen molar-refractivity contribution in [1.29, 1.82) is 0 Å². The molecule has 4 heterocycles. The molecule has 9 nitrogen and oxygen atoms in total. The summed E-state index contributed by atoms with van der Waals surface area (Å²) in [5, 5.41) is 9.89. The molecule has 1 atom stereocenters. The van der Waals surface area contributed by atoms with E-state index in [1.807, 2.05) is 43.8 Å². The highest BCUT2D eigenvalue weighted by atomic mass is 16.6. The van der Waals surface area contributed by atoms with Crippen molar-refractivity contribution in [3.05, 3.63) is 30.2 Å². The lowest BCUT2D eigenvalue weighted by Crippen LogP contribution is -2.41. The van der Waals surface area contributed by atoms with Crippen LogP contribution >= 0.6 is 0 Å². The number of ether oxygens (including phenoxy) is 2. The zero-order valence-corrected chi connectivity index (χ0v) is 18.8. The van der Waals surface area contributed by atoms with Gasteiger partial charge in [0.1, 0.15) is 5.60 Å². The summed E-state index contributed by atoms with van der Waals surface area (Å²) in [6.07, 6.45) is 4.16. The maximum atomic E-state index is 12.3. The fourth-order valence-corrected chi connectivity index (χ4v) is 4.34. The van der Waals surface area contributed by atoms with Crippen LogP contribution in [-0.2, 0) is 9.47 Å². The fourth-order valence-electron chi connectivity index (χ4n) is 4.34. The number of piperidine rings is 1. The molecule has 2 fully saturated rings. The summed E-state index contributed by atoms with van der Waals surface area (Å²) in [5.74, 6) is 1.37. The molecular weight excluding hydrogens is 410 g/mol. The largest absolute Gasteiger partial charge is 0.444 e. The van der Waals surface area contributed by atoms with Gasteiger partial charge in [0.25, 0.3) is 5.89 Å². The molecule has 170 valence electrons. The Labute approximate surface area is 186 Å². The predicted molar refractivity (Wildman–Crippen MR) is 117 cm³/mol. The van der Waals surface area contributed by atoms with Gasteiger partial charge in [0, 0.05) is 36.6 Å². The van der Waals surface area contributed by atoms with Crippen LogP contribution in [0.15, 0.2) is 28.9 Å². The summed E-state index contributed by atoms with van der Waals surface area (Å²) in [7, 11) is 0. The van der Waals surface area contributed by atoms with Crippen LogP contribution in [0.1, 0.15) is 57.8 Å². The second-order valence-corrected chi connectivity index (χ2v) is 9.58. The molecule has 2 aliphatic heterocycles. The summed E-state index contributed by atoms with van der Waals surface area (Å²) in [5.41, 5.74) is 1.43. The highest BCUT2D eigenvalue weighted by Gasteiger charge is 2.30. The molecule has 0 spiro atoms. The van der Waals surface area contributed by atoms with E-state index in [1.54, 1.807) is 4.90 Å². The van der Waals surface area contributed by atoms with Gasteiger partial charge in [0.15, 0.2) is 5.82 Å². The predicted octanol–water partition coefficient (Wildman–Crippen LogP) is 4.16. The molecule has 0 aliphatic carbocycles. The third-order valence-electron chi connectivity index (χ3n) is 6.05. The minimum absolute atomic E-state index is 0.163. The van der Waals surface area contributed by atoms with E-state index in [2.05, 4.69) is 21.3 Å². The van der Waals surface area contributed by atoms with Crippen molar-refractivity contribution in [3.63, 3.8) is 0 Å². The van der Waals surface area contributed by atoms with Crippen molar-refractivity contribution in [1.82, 2.24) is 24.8 Å². The summed E-state index contributed by atoms with van der Waals surface area (Å²) in [6.45, 7) is 8.34. The molecular formula is C23H29N5O4. The number of likely N-dealkylation sites (tertiary alicyclic amines) is 1. The standard InChI is InChI=1S/C23H29N5O4/c1-23(2,3)31-22(29)27-9-6-15(7-10-27)20-25-21(32-26-20)16-4-5-17-13-24-28(19(17)12-16)18-8-11-30-14-18/h4-5,12-13,15,18H,6-11,14H2,1-3H3. The molecule has 0 bridgehead atoms. The second-order valence-electron chi connectivity index (χ2n) is 9.58. The van der Waals surface area contributed by atoms with Crippen LogP contribution in [0.3, 0.4) is 0 Å². The molecule has 2 saturated heterocycles. The summed E-state index contributed by atoms with van der Waals surface area (Å²) in [6, 6.07) is 6.34. The third kappa shape index (κ3) is 4.21. The number of amides is 1. The van der Waals surface area contributed by atoms with Gasteiger partial charge in [-0.25, -0.2) is 4.79 Å². The van der Waals surface area contributed by atoms with Crippen LogP contribution < -0.4 is 0 Å². The second kappa shape index (κ2) is 8.20. The third-order valence-corrected chi connectivity index (χ3v) is 6.05. The van der Waals surface area contributed by atoms with Crippen LogP contribution in [0.5, 0.6) is 0 Å². The number of nitrogens with zero attached hydrogens (tertiary/aromatic N) is 5. The molecule has 2 aromatic heterocycles. The Bertz CT molecular complexity index is 1100. The van der Waals surface area contributed by atoms with Crippen molar-refractivity contribution in [2.45, 2.75) is 57.6 Å². The Morgan fingerprint density at radius 1 is 1.19 bits per heavy atom. The number of fused-ring (bicyclic) bond motifs is 1. The van der Waals surface area contributed by atoms with E-state index >= 15 is 0 Å². The fraction of sp³-hybridized carbons (Fsp3) is 0.565. The topological polar surface area (TPSA) is 95.5 Å². The zero-order chi connectivity index (χ0) is 22.3. The molecule has 0 saturated carbocycles. The summed E-state index contributed by atoms with van der Waals surface area (Å²) < 4.78 is 18.7. The SMILES string of the molecule is CC(C)(C)OC(=O)N1CCC(c2noc(-c3ccc4cnn(C5CCOC5)c4c3)n2)CC1. The Kier molecular flexibility index (Phi) is 5.36. The van der Waals surface area contributed by atoms with Crippen LogP contribution in [0.2, 0.25) is 0 Å². The number of aromatic nitrogens is 4. The van der Waals surface area contributed by atoms with Gasteiger partial charge >= 0.3 is 6.09 Å². The number of hydrogen-bond acceptors (Lipinski definition) is 7. The molecule has 0 radical (unpaired) electrons. The van der Waals surface area contributed by atoms with Crippen LogP contribution in [-0.4, -0.2) is 62.8 Å². The van der Waals surface area contributed by atoms with E-state index in [9.17, 15) is 4.79 Å². The number of benzene rings is 1. The Hall–Kier alpha value is -2.94. The quantitative estimate of drug-likeness (QED) is 0.604. The zero-order valence-electron chi connectivity index (χ0n) is 18.8. The summed E-state index contributed by atoms with van der Waals surface area (Å²) in [4.78, 5) is 18.7. The smallest absolute Gasteiger partial charge is 0.410 e. The number of carbonyl (C=O) groups excluding carboxylic acids is 1. The van der Waals surface area contributed by atoms with Crippen LogP contribution in [0.25, 0.3) is 22.4 Å². The monoisotopic (exact) mass is 439 g/mol. The van der Waals surface area contributed by atoms with E-state index in [4.69, 9.17) is 14.0 Å². The van der Waals surface area contributed by atoms with Gasteiger partial charge < -0.3 is 18.9 Å². The van der Waals surface area contributed by atoms with Gasteiger partial charge in [-0.05, 0) is 52.2 Å². The molecule has 1 amide bonds. The van der Waals surface area contributed by atoms with Crippen molar-refractivity contribution in [3.8, 4) is 11.5 Å². The molecule has 2 aliphatic rings. The number of rotatable bonds is 3. The molecule has 9 heteroatoms. The lowest BCUT2D eigenvalue weighted by molar-refractivity contribution is 0.0203. The molecule has 3 aromatic rings. The van der Waals surface area contributed by atoms with Gasteiger partial charge in [-0.1, -0.05) is 11.2 Å². The maximum Gasteiger partial charge on any atom is 0.410 e. The maximum absolute atomic E-state index is 12.3. The highest BCUT2D eigenvalue weighted by molar-refractivity contribution is 5.83. The Balaban J connectivity index is 1.29. The molecule has 1 aromatic carbocycles. The number of hydrogen-bond donors (Lipinski definition) is 0. The summed E-state index contributed by atoms with van der Waals surface area (Å²) >= 11 is 0. The van der Waals surface area contributed by atoms with Crippen molar-refractivity contribution < 1.29 is 18.8 Å². The van der Waals surface area contributed by atoms with E-state index in [-0.39, 0.29) is 18.1 Å². The average Bonchev–Trinajstić information content (AvgIpc) is 3.52. The molecule has 5 rings (SSSR count). The van der Waals surface area contributed by atoms with Crippen molar-refractivity contribution in [2.75, 3.05) is 26.3 Å². The van der Waals surface area contributed by atoms with Gasteiger partial charge in [-0.15, -0.1) is 0 Å². The first kappa shape index (κ1) is 20.9. The van der Waals surface area contributed by atoms with Gasteiger partial charge in [0.05, 0.1) is 24.4 Å². The van der Waals surface area contributed by atoms with E-state index in [0.717, 1.165) is 42.3 Å². The van der Waals surface area contributed by atoms with Crippen LogP contribution in [0.4, 0.5) is 4.79 Å². The molecule has 32 heavy (non-hydrogen) atoms. The minimum atomic E-state index is -0.488. The van der Waals surface area contributed by atoms with Crippen LogP contribution in [0, 0.1) is 0 Å². The van der Waals surface area contributed by atoms with Crippen molar-refractivity contribution in [2.24, 2.45) is 0 Å². The first-order valence-electron chi connectivity index (χ1n) is 11.2. The lowest BCUT2D eigenvalue weighted by Gasteiger charge is -2.32. The van der Waals surface area contributed by atoms with Gasteiger partial charge in [-0.2, -0.15) is 10.1 Å². The van der Waals surface area contributed by atoms with E-state index < -0.39 is 5.60 Å². The van der Waals surface area contributed by atoms with E-state index in [1.165, 1.54) is 0 Å². The minimum Gasteiger partial charge on any atom is -0.444 e. The van der Waals surface area contributed by atoms with Crippen molar-refractivity contribution >= 4 is 17.0 Å².